The third-order valence-electron chi connectivity index (χ3n) is 4.97. The number of benzene rings is 3. The third-order valence-corrected chi connectivity index (χ3v) is 5.38. The molecule has 7 heteroatoms. The second-order valence-corrected chi connectivity index (χ2v) is 7.06. The molecule has 0 atom stereocenters. The molecule has 0 saturated heterocycles. The fourth-order valence-electron chi connectivity index (χ4n) is 3.52. The van der Waals surface area contributed by atoms with Gasteiger partial charge in [0.2, 0.25) is 5.78 Å². The number of nitrogens with one attached hydrogen (secondary N) is 1. The van der Waals surface area contributed by atoms with E-state index in [1.54, 1.807) is 18.3 Å². The van der Waals surface area contributed by atoms with Crippen molar-refractivity contribution in [2.24, 2.45) is 0 Å². The monoisotopic (exact) mass is 398 g/mol. The first-order chi connectivity index (χ1) is 14.1. The number of imidazole rings is 1. The van der Waals surface area contributed by atoms with Crippen molar-refractivity contribution in [2.45, 2.75) is 0 Å². The number of fused-ring (bicyclic) bond motifs is 2. The lowest BCUT2D eigenvalue weighted by Crippen LogP contribution is -1.93. The number of hydrogen-bond donors (Lipinski definition) is 1. The number of aromatic amines is 1. The van der Waals surface area contributed by atoms with Crippen LogP contribution in [0.5, 0.6) is 0 Å². The van der Waals surface area contributed by atoms with E-state index >= 15 is 0 Å². The Bertz CT molecular complexity index is 1450. The van der Waals surface area contributed by atoms with Crippen LogP contribution in [-0.4, -0.2) is 19.3 Å². The Morgan fingerprint density at radius 2 is 1.72 bits per heavy atom. The summed E-state index contributed by atoms with van der Waals surface area (Å²) in [6.07, 6.45) is 3.66. The lowest BCUT2D eigenvalue weighted by molar-refractivity contribution is -0.384. The molecule has 2 aromatic heterocycles. The number of nitrogens with zero attached hydrogens (tertiary/aromatic N) is 3. The second kappa shape index (κ2) is 6.65. The van der Waals surface area contributed by atoms with E-state index in [2.05, 4.69) is 28.2 Å². The van der Waals surface area contributed by atoms with Crippen LogP contribution in [0.25, 0.3) is 38.9 Å². The van der Waals surface area contributed by atoms with E-state index in [0.29, 0.717) is 10.4 Å². The van der Waals surface area contributed by atoms with Crippen LogP contribution >= 0.6 is 12.2 Å². The van der Waals surface area contributed by atoms with Gasteiger partial charge in [0.05, 0.1) is 10.6 Å². The van der Waals surface area contributed by atoms with Crippen molar-refractivity contribution in [1.82, 2.24) is 14.4 Å². The van der Waals surface area contributed by atoms with E-state index in [4.69, 9.17) is 12.2 Å². The van der Waals surface area contributed by atoms with Gasteiger partial charge in [-0.25, -0.2) is 4.98 Å². The van der Waals surface area contributed by atoms with Gasteiger partial charge in [0.15, 0.2) is 0 Å². The molecule has 0 saturated carbocycles. The number of H-pyrrole nitrogens is 1. The molecule has 0 aliphatic carbocycles. The van der Waals surface area contributed by atoms with E-state index in [-0.39, 0.29) is 5.69 Å². The summed E-state index contributed by atoms with van der Waals surface area (Å²) in [6.45, 7) is 0. The predicted molar refractivity (Wildman–Crippen MR) is 115 cm³/mol. The molecule has 0 spiro atoms. The van der Waals surface area contributed by atoms with Gasteiger partial charge in [0.25, 0.3) is 5.69 Å². The first-order valence-electron chi connectivity index (χ1n) is 8.95. The minimum absolute atomic E-state index is 0.0536. The number of nitro groups is 1. The molecular formula is C22H14N4O2S. The molecule has 2 heterocycles. The highest BCUT2D eigenvalue weighted by molar-refractivity contribution is 7.71. The maximum absolute atomic E-state index is 10.9. The third kappa shape index (κ3) is 2.88. The van der Waals surface area contributed by atoms with Gasteiger partial charge < -0.3 is 4.98 Å². The second-order valence-electron chi connectivity index (χ2n) is 6.67. The van der Waals surface area contributed by atoms with Crippen molar-refractivity contribution in [1.29, 1.82) is 0 Å². The van der Waals surface area contributed by atoms with Gasteiger partial charge >= 0.3 is 0 Å². The fraction of sp³-hybridized carbons (Fsp3) is 0. The van der Waals surface area contributed by atoms with Crippen LogP contribution in [-0.2, 0) is 0 Å². The molecule has 0 amide bonds. The first-order valence-corrected chi connectivity index (χ1v) is 9.36. The lowest BCUT2D eigenvalue weighted by atomic mass is 10.0. The Morgan fingerprint density at radius 3 is 2.52 bits per heavy atom. The average Bonchev–Trinajstić information content (AvgIpc) is 3.19. The smallest absolute Gasteiger partial charge is 0.269 e. The minimum atomic E-state index is -0.414. The van der Waals surface area contributed by atoms with Gasteiger partial charge in [-0.1, -0.05) is 54.7 Å². The molecule has 0 unspecified atom stereocenters. The zero-order chi connectivity index (χ0) is 20.0. The van der Waals surface area contributed by atoms with Crippen LogP contribution in [0.1, 0.15) is 0 Å². The molecule has 0 radical (unpaired) electrons. The number of non-ortho nitro benzene ring substituents is 1. The molecule has 0 aliphatic heterocycles. The molecule has 5 aromatic rings. The standard InChI is InChI=1S/C22H14N4O2S/c27-26(28)16-10-8-15(9-11-16)20-13-25-21(29)19(12-23-22(25)24-20)18-7-3-5-14-4-1-2-6-17(14)18/h1-13H,(H,23,24). The molecule has 0 aliphatic rings. The summed E-state index contributed by atoms with van der Waals surface area (Å²) >= 11 is 5.77. The summed E-state index contributed by atoms with van der Waals surface area (Å²) < 4.78 is 2.49. The van der Waals surface area contributed by atoms with Gasteiger partial charge in [0.1, 0.15) is 4.64 Å². The summed E-state index contributed by atoms with van der Waals surface area (Å²) in [4.78, 5) is 18.2. The molecule has 6 nitrogen and oxygen atoms in total. The number of hydrogen-bond acceptors (Lipinski definition) is 4. The van der Waals surface area contributed by atoms with Gasteiger partial charge in [-0.2, -0.15) is 0 Å². The summed E-state index contributed by atoms with van der Waals surface area (Å²) in [7, 11) is 0. The fourth-order valence-corrected chi connectivity index (χ4v) is 3.82. The Kier molecular flexibility index (Phi) is 3.96. The summed E-state index contributed by atoms with van der Waals surface area (Å²) in [5, 5.41) is 13.1. The molecule has 1 N–H and O–H groups in total. The molecular weight excluding hydrogens is 384 g/mol. The zero-order valence-electron chi connectivity index (χ0n) is 15.1. The largest absolute Gasteiger partial charge is 0.323 e. The molecule has 5 rings (SSSR count). The van der Waals surface area contributed by atoms with Crippen molar-refractivity contribution in [3.63, 3.8) is 0 Å². The predicted octanol–water partition coefficient (Wildman–Crippen LogP) is 5.79. The topological polar surface area (TPSA) is 76.2 Å². The van der Waals surface area contributed by atoms with Crippen LogP contribution in [0.2, 0.25) is 0 Å². The molecule has 0 bridgehead atoms. The van der Waals surface area contributed by atoms with Gasteiger partial charge in [-0.15, -0.1) is 0 Å². The van der Waals surface area contributed by atoms with Crippen LogP contribution in [0.15, 0.2) is 79.1 Å². The average molecular weight is 398 g/mol. The van der Waals surface area contributed by atoms with Gasteiger partial charge in [-0.05, 0) is 28.5 Å². The van der Waals surface area contributed by atoms with E-state index < -0.39 is 4.92 Å². The maximum atomic E-state index is 10.9. The molecule has 0 fully saturated rings. The maximum Gasteiger partial charge on any atom is 0.269 e. The van der Waals surface area contributed by atoms with E-state index in [0.717, 1.165) is 33.2 Å². The Balaban J connectivity index is 1.66. The molecule has 29 heavy (non-hydrogen) atoms. The Morgan fingerprint density at radius 1 is 0.966 bits per heavy atom. The molecule has 3 aromatic carbocycles. The van der Waals surface area contributed by atoms with Crippen molar-refractivity contribution >= 4 is 34.5 Å². The van der Waals surface area contributed by atoms with Crippen molar-refractivity contribution in [3.8, 4) is 22.4 Å². The highest BCUT2D eigenvalue weighted by atomic mass is 32.1. The van der Waals surface area contributed by atoms with Crippen LogP contribution in [0.3, 0.4) is 0 Å². The molecule has 140 valence electrons. The van der Waals surface area contributed by atoms with Crippen molar-refractivity contribution in [2.75, 3.05) is 0 Å². The SMILES string of the molecule is O=[N+]([O-])c1ccc(-c2cn3c(=S)c(-c4cccc5ccccc45)cnc3[nH]2)cc1. The zero-order valence-corrected chi connectivity index (χ0v) is 15.9. The lowest BCUT2D eigenvalue weighted by Gasteiger charge is -2.07. The van der Waals surface area contributed by atoms with Crippen LogP contribution in [0, 0.1) is 14.8 Å². The van der Waals surface area contributed by atoms with Gasteiger partial charge in [0, 0.05) is 35.7 Å². The van der Waals surface area contributed by atoms with Crippen molar-refractivity contribution < 1.29 is 4.92 Å². The Hall–Kier alpha value is -3.84. The number of nitro benzene ring substituents is 1. The van der Waals surface area contributed by atoms with E-state index in [1.807, 2.05) is 34.9 Å². The van der Waals surface area contributed by atoms with E-state index in [9.17, 15) is 10.1 Å². The number of rotatable bonds is 3. The summed E-state index contributed by atoms with van der Waals surface area (Å²) in [5.74, 6) is 0.618. The normalized spacial score (nSPS) is 11.2. The quantitative estimate of drug-likeness (QED) is 0.237. The highest BCUT2D eigenvalue weighted by Gasteiger charge is 2.12. The minimum Gasteiger partial charge on any atom is -0.323 e. The summed E-state index contributed by atoms with van der Waals surface area (Å²) in [6, 6.07) is 20.7. The van der Waals surface area contributed by atoms with Crippen molar-refractivity contribution in [3.05, 3.63) is 93.9 Å². The first kappa shape index (κ1) is 17.3. The van der Waals surface area contributed by atoms with E-state index in [1.165, 1.54) is 12.1 Å². The Labute approximate surface area is 170 Å². The number of aromatic nitrogens is 3. The summed E-state index contributed by atoms with van der Waals surface area (Å²) in [5.41, 5.74) is 3.57. The van der Waals surface area contributed by atoms with Gasteiger partial charge in [-0.3, -0.25) is 14.5 Å². The highest BCUT2D eigenvalue weighted by Crippen LogP contribution is 2.30. The van der Waals surface area contributed by atoms with Crippen LogP contribution < -0.4 is 0 Å². The van der Waals surface area contributed by atoms with Crippen LogP contribution in [0.4, 0.5) is 5.69 Å².